The fourth-order valence-corrected chi connectivity index (χ4v) is 3.16. The molecular weight excluding hydrogens is 264 g/mol. The normalized spacial score (nSPS) is 24.1. The van der Waals surface area contributed by atoms with E-state index in [9.17, 15) is 4.79 Å². The lowest BCUT2D eigenvalue weighted by atomic mass is 9.87. The largest absolute Gasteiger partial charge is 0.460 e. The van der Waals surface area contributed by atoms with E-state index in [1.807, 2.05) is 33.0 Å². The molecule has 1 aromatic rings. The molecule has 118 valence electrons. The molecule has 0 aliphatic heterocycles. The third-order valence-corrected chi connectivity index (χ3v) is 4.07. The summed E-state index contributed by atoms with van der Waals surface area (Å²) in [5.74, 6) is 0.440. The van der Waals surface area contributed by atoms with Crippen LogP contribution >= 0.6 is 0 Å². The van der Waals surface area contributed by atoms with Crippen LogP contribution in [0.5, 0.6) is 0 Å². The van der Waals surface area contributed by atoms with Gasteiger partial charge >= 0.3 is 5.97 Å². The van der Waals surface area contributed by atoms with Crippen LogP contribution in [0.1, 0.15) is 71.8 Å². The van der Waals surface area contributed by atoms with Crippen molar-refractivity contribution in [2.45, 2.75) is 77.4 Å². The zero-order valence-corrected chi connectivity index (χ0v) is 13.5. The Hall–Kier alpha value is -1.32. The SMILES string of the molecule is CC(C)(C)OC(=O)CC1CCCC(n2cccn2)CCC1. The molecule has 4 nitrogen and oxygen atoms in total. The van der Waals surface area contributed by atoms with E-state index in [1.165, 1.54) is 0 Å². The van der Waals surface area contributed by atoms with Crippen LogP contribution in [0.2, 0.25) is 0 Å². The summed E-state index contributed by atoms with van der Waals surface area (Å²) in [7, 11) is 0. The average Bonchev–Trinajstić information content (AvgIpc) is 2.83. The summed E-state index contributed by atoms with van der Waals surface area (Å²) in [5.41, 5.74) is -0.371. The van der Waals surface area contributed by atoms with Gasteiger partial charge in [-0.15, -0.1) is 0 Å². The lowest BCUT2D eigenvalue weighted by Crippen LogP contribution is -2.25. The van der Waals surface area contributed by atoms with Crippen LogP contribution in [0.3, 0.4) is 0 Å². The standard InChI is InChI=1S/C17H28N2O2/c1-17(2,3)21-16(20)13-14-7-4-9-15(10-5-8-14)19-12-6-11-18-19/h6,11-12,14-15H,4-5,7-10,13H2,1-3H3. The minimum absolute atomic E-state index is 0.0447. The molecule has 0 aromatic carbocycles. The number of rotatable bonds is 3. The Labute approximate surface area is 127 Å². The molecule has 2 rings (SSSR count). The molecule has 1 heterocycles. The fourth-order valence-electron chi connectivity index (χ4n) is 3.16. The second kappa shape index (κ2) is 7.10. The van der Waals surface area contributed by atoms with Crippen molar-refractivity contribution in [2.24, 2.45) is 5.92 Å². The minimum Gasteiger partial charge on any atom is -0.460 e. The second-order valence-corrected chi connectivity index (χ2v) is 7.16. The third-order valence-electron chi connectivity index (χ3n) is 4.07. The van der Waals surface area contributed by atoms with Gasteiger partial charge in [0.15, 0.2) is 0 Å². The molecule has 1 aliphatic carbocycles. The minimum atomic E-state index is -0.371. The van der Waals surface area contributed by atoms with Crippen LogP contribution in [-0.2, 0) is 9.53 Å². The molecular formula is C17H28N2O2. The van der Waals surface area contributed by atoms with E-state index in [2.05, 4.69) is 16.0 Å². The van der Waals surface area contributed by atoms with E-state index in [4.69, 9.17) is 4.74 Å². The van der Waals surface area contributed by atoms with E-state index in [-0.39, 0.29) is 11.6 Å². The van der Waals surface area contributed by atoms with Gasteiger partial charge < -0.3 is 4.74 Å². The van der Waals surface area contributed by atoms with Crippen molar-refractivity contribution in [1.82, 2.24) is 9.78 Å². The van der Waals surface area contributed by atoms with Crippen LogP contribution < -0.4 is 0 Å². The Kier molecular flexibility index (Phi) is 5.43. The fraction of sp³-hybridized carbons (Fsp3) is 0.765. The van der Waals surface area contributed by atoms with Gasteiger partial charge in [-0.25, -0.2) is 0 Å². The molecule has 21 heavy (non-hydrogen) atoms. The smallest absolute Gasteiger partial charge is 0.306 e. The zero-order chi connectivity index (χ0) is 15.3. The molecule has 0 bridgehead atoms. The molecule has 0 N–H and O–H groups in total. The highest BCUT2D eigenvalue weighted by Crippen LogP contribution is 2.30. The molecule has 1 aliphatic rings. The molecule has 1 fully saturated rings. The van der Waals surface area contributed by atoms with Crippen molar-refractivity contribution >= 4 is 5.97 Å². The van der Waals surface area contributed by atoms with Crippen LogP contribution in [0.25, 0.3) is 0 Å². The van der Waals surface area contributed by atoms with Crippen molar-refractivity contribution in [3.63, 3.8) is 0 Å². The third kappa shape index (κ3) is 5.52. The van der Waals surface area contributed by atoms with Gasteiger partial charge in [-0.3, -0.25) is 9.48 Å². The number of esters is 1. The molecule has 0 amide bonds. The maximum atomic E-state index is 11.9. The van der Waals surface area contributed by atoms with Gasteiger partial charge in [0.2, 0.25) is 0 Å². The second-order valence-electron chi connectivity index (χ2n) is 7.16. The molecule has 0 atom stereocenters. The van der Waals surface area contributed by atoms with E-state index < -0.39 is 0 Å². The Morgan fingerprint density at radius 1 is 1.24 bits per heavy atom. The van der Waals surface area contributed by atoms with Crippen LogP contribution in [0.15, 0.2) is 18.5 Å². The highest BCUT2D eigenvalue weighted by atomic mass is 16.6. The van der Waals surface area contributed by atoms with Crippen molar-refractivity contribution in [3.8, 4) is 0 Å². The number of carbonyl (C=O) groups is 1. The molecule has 0 unspecified atom stereocenters. The Bertz CT molecular complexity index is 424. The van der Waals surface area contributed by atoms with E-state index in [0.717, 1.165) is 38.5 Å². The number of hydrogen-bond acceptors (Lipinski definition) is 3. The predicted octanol–water partition coefficient (Wildman–Crippen LogP) is 4.13. The Morgan fingerprint density at radius 3 is 2.43 bits per heavy atom. The average molecular weight is 292 g/mol. The molecule has 0 saturated heterocycles. The Balaban J connectivity index is 1.78. The van der Waals surface area contributed by atoms with Crippen molar-refractivity contribution in [2.75, 3.05) is 0 Å². The monoisotopic (exact) mass is 292 g/mol. The first kappa shape index (κ1) is 16.1. The summed E-state index contributed by atoms with van der Waals surface area (Å²) in [6.07, 6.45) is 11.4. The van der Waals surface area contributed by atoms with Gasteiger partial charge in [-0.05, 0) is 58.4 Å². The number of ether oxygens (including phenoxy) is 1. The number of aromatic nitrogens is 2. The highest BCUT2D eigenvalue weighted by Gasteiger charge is 2.23. The highest BCUT2D eigenvalue weighted by molar-refractivity contribution is 5.70. The van der Waals surface area contributed by atoms with Crippen molar-refractivity contribution in [3.05, 3.63) is 18.5 Å². The van der Waals surface area contributed by atoms with Gasteiger partial charge in [-0.2, -0.15) is 5.10 Å². The molecule has 0 spiro atoms. The van der Waals surface area contributed by atoms with Gasteiger partial charge in [0, 0.05) is 18.8 Å². The van der Waals surface area contributed by atoms with E-state index >= 15 is 0 Å². The maximum Gasteiger partial charge on any atom is 0.306 e. The van der Waals surface area contributed by atoms with Crippen LogP contribution in [-0.4, -0.2) is 21.4 Å². The first-order valence-corrected chi connectivity index (χ1v) is 8.15. The lowest BCUT2D eigenvalue weighted by molar-refractivity contribution is -0.156. The number of hydrogen-bond donors (Lipinski definition) is 0. The summed E-state index contributed by atoms with van der Waals surface area (Å²) in [6.45, 7) is 5.78. The summed E-state index contributed by atoms with van der Waals surface area (Å²) >= 11 is 0. The topological polar surface area (TPSA) is 44.1 Å². The molecule has 1 saturated carbocycles. The van der Waals surface area contributed by atoms with Crippen LogP contribution in [0.4, 0.5) is 0 Å². The first-order chi connectivity index (χ1) is 9.94. The van der Waals surface area contributed by atoms with Crippen molar-refractivity contribution < 1.29 is 9.53 Å². The molecule has 4 heteroatoms. The summed E-state index contributed by atoms with van der Waals surface area (Å²) in [4.78, 5) is 11.9. The Morgan fingerprint density at radius 2 is 1.90 bits per heavy atom. The van der Waals surface area contributed by atoms with Gasteiger partial charge in [0.1, 0.15) is 5.60 Å². The summed E-state index contributed by atoms with van der Waals surface area (Å²) < 4.78 is 7.53. The zero-order valence-electron chi connectivity index (χ0n) is 13.5. The van der Waals surface area contributed by atoms with Crippen LogP contribution in [0, 0.1) is 5.92 Å². The van der Waals surface area contributed by atoms with E-state index in [0.29, 0.717) is 18.4 Å². The quantitative estimate of drug-likeness (QED) is 0.787. The molecule has 0 radical (unpaired) electrons. The number of carbonyl (C=O) groups excluding carboxylic acids is 1. The molecule has 1 aromatic heterocycles. The van der Waals surface area contributed by atoms with Gasteiger partial charge in [0.05, 0.1) is 6.04 Å². The summed E-state index contributed by atoms with van der Waals surface area (Å²) in [6, 6.07) is 2.52. The number of nitrogens with zero attached hydrogens (tertiary/aromatic N) is 2. The van der Waals surface area contributed by atoms with Gasteiger partial charge in [-0.1, -0.05) is 12.8 Å². The lowest BCUT2D eigenvalue weighted by Gasteiger charge is -2.26. The summed E-state index contributed by atoms with van der Waals surface area (Å²) in [5, 5.41) is 4.36. The predicted molar refractivity (Wildman–Crippen MR) is 82.9 cm³/mol. The van der Waals surface area contributed by atoms with Gasteiger partial charge in [0.25, 0.3) is 0 Å². The first-order valence-electron chi connectivity index (χ1n) is 8.15. The van der Waals surface area contributed by atoms with E-state index in [1.54, 1.807) is 0 Å². The van der Waals surface area contributed by atoms with Crippen molar-refractivity contribution in [1.29, 1.82) is 0 Å². The maximum absolute atomic E-state index is 11.9.